The SMILES string of the molecule is NCCS.O. The number of thiol groups is 1. The molecule has 34 valence electrons. The minimum absolute atomic E-state index is 0. The molecular weight excluding hydrogens is 86.1 g/mol. The Hall–Kier alpha value is 0.270. The van der Waals surface area contributed by atoms with Gasteiger partial charge in [0.2, 0.25) is 0 Å². The molecule has 0 aliphatic rings. The molecule has 0 aromatic heterocycles. The molecule has 0 bridgehead atoms. The van der Waals surface area contributed by atoms with E-state index in [9.17, 15) is 0 Å². The van der Waals surface area contributed by atoms with Crippen molar-refractivity contribution in [3.63, 3.8) is 0 Å². The van der Waals surface area contributed by atoms with Crippen molar-refractivity contribution in [2.75, 3.05) is 12.3 Å². The van der Waals surface area contributed by atoms with Gasteiger partial charge in [0.1, 0.15) is 0 Å². The summed E-state index contributed by atoms with van der Waals surface area (Å²) in [6, 6.07) is 0. The maximum absolute atomic E-state index is 4.95. The highest BCUT2D eigenvalue weighted by Crippen LogP contribution is 1.58. The molecule has 0 spiro atoms. The Morgan fingerprint density at radius 1 is 1.60 bits per heavy atom. The highest BCUT2D eigenvalue weighted by Gasteiger charge is 1.56. The second-order valence-electron chi connectivity index (χ2n) is 0.512. The zero-order valence-electron chi connectivity index (χ0n) is 2.94. The van der Waals surface area contributed by atoms with E-state index in [2.05, 4.69) is 12.6 Å². The van der Waals surface area contributed by atoms with Crippen LogP contribution in [-0.2, 0) is 0 Å². The third kappa shape index (κ3) is 13.6. The first-order chi connectivity index (χ1) is 1.91. The Bertz CT molecular complexity index is 11.6. The average Bonchev–Trinajstić information content (AvgIpc) is 1.37. The van der Waals surface area contributed by atoms with E-state index in [0.29, 0.717) is 6.54 Å². The lowest BCUT2D eigenvalue weighted by molar-refractivity contribution is 0.824. The Labute approximate surface area is 37.1 Å². The molecule has 2 nitrogen and oxygen atoms in total. The zero-order valence-corrected chi connectivity index (χ0v) is 3.83. The summed E-state index contributed by atoms with van der Waals surface area (Å²) < 4.78 is 0. The Balaban J connectivity index is 0. The van der Waals surface area contributed by atoms with E-state index in [-0.39, 0.29) is 5.48 Å². The molecule has 0 amide bonds. The highest BCUT2D eigenvalue weighted by molar-refractivity contribution is 7.80. The number of nitrogens with two attached hydrogens (primary N) is 1. The monoisotopic (exact) mass is 95.0 g/mol. The Morgan fingerprint density at radius 2 is 1.80 bits per heavy atom. The van der Waals surface area contributed by atoms with E-state index in [1.807, 2.05) is 0 Å². The van der Waals surface area contributed by atoms with Gasteiger partial charge in [-0.3, -0.25) is 0 Å². The summed E-state index contributed by atoms with van der Waals surface area (Å²) in [5, 5.41) is 0. The first kappa shape index (κ1) is 8.99. The van der Waals surface area contributed by atoms with Crippen LogP contribution in [0.25, 0.3) is 0 Å². The average molecular weight is 95.2 g/mol. The minimum atomic E-state index is 0. The second kappa shape index (κ2) is 8.86. The molecule has 0 saturated carbocycles. The van der Waals surface area contributed by atoms with Crippen molar-refractivity contribution in [3.05, 3.63) is 0 Å². The molecule has 0 rings (SSSR count). The molecule has 0 radical (unpaired) electrons. The topological polar surface area (TPSA) is 57.5 Å². The molecule has 5 heavy (non-hydrogen) atoms. The summed E-state index contributed by atoms with van der Waals surface area (Å²) in [6.07, 6.45) is 0. The van der Waals surface area contributed by atoms with Crippen molar-refractivity contribution >= 4 is 12.6 Å². The fraction of sp³-hybridized carbons (Fsp3) is 1.00. The fourth-order valence-corrected chi connectivity index (χ4v) is 0. The van der Waals surface area contributed by atoms with Gasteiger partial charge in [0.05, 0.1) is 0 Å². The van der Waals surface area contributed by atoms with E-state index in [1.54, 1.807) is 0 Å². The predicted molar refractivity (Wildman–Crippen MR) is 26.5 cm³/mol. The van der Waals surface area contributed by atoms with Gasteiger partial charge in [-0.05, 0) is 0 Å². The summed E-state index contributed by atoms with van der Waals surface area (Å²) in [4.78, 5) is 0. The lowest BCUT2D eigenvalue weighted by atomic mass is 10.8. The molecule has 0 heterocycles. The van der Waals surface area contributed by atoms with Gasteiger partial charge in [0.15, 0.2) is 0 Å². The van der Waals surface area contributed by atoms with E-state index in [0.717, 1.165) is 5.75 Å². The van der Waals surface area contributed by atoms with Gasteiger partial charge in [-0.2, -0.15) is 12.6 Å². The summed E-state index contributed by atoms with van der Waals surface area (Å²) in [6.45, 7) is 0.684. The minimum Gasteiger partial charge on any atom is -0.412 e. The van der Waals surface area contributed by atoms with Gasteiger partial charge in [0, 0.05) is 12.3 Å². The molecule has 0 saturated heterocycles. The van der Waals surface area contributed by atoms with Gasteiger partial charge in [0.25, 0.3) is 0 Å². The maximum atomic E-state index is 4.95. The largest absolute Gasteiger partial charge is 0.412 e. The van der Waals surface area contributed by atoms with Crippen LogP contribution in [0.4, 0.5) is 0 Å². The lowest BCUT2D eigenvalue weighted by Crippen LogP contribution is -1.97. The molecule has 0 atom stereocenters. The molecule has 4 N–H and O–H groups in total. The van der Waals surface area contributed by atoms with E-state index in [1.165, 1.54) is 0 Å². The second-order valence-corrected chi connectivity index (χ2v) is 0.959. The van der Waals surface area contributed by atoms with Gasteiger partial charge >= 0.3 is 0 Å². The van der Waals surface area contributed by atoms with Crippen LogP contribution in [0.3, 0.4) is 0 Å². The standard InChI is InChI=1S/C2H7NS.H2O/c3-1-2-4;/h4H,1-3H2;1H2. The van der Waals surface area contributed by atoms with Gasteiger partial charge in [-0.15, -0.1) is 0 Å². The fourth-order valence-electron chi connectivity index (χ4n) is 0. The number of rotatable bonds is 1. The number of hydrogen-bond donors (Lipinski definition) is 2. The van der Waals surface area contributed by atoms with Crippen LogP contribution < -0.4 is 5.73 Å². The molecule has 0 unspecified atom stereocenters. The molecule has 0 aliphatic heterocycles. The summed E-state index contributed by atoms with van der Waals surface area (Å²) in [7, 11) is 0. The first-order valence-corrected chi connectivity index (χ1v) is 1.86. The Kier molecular flexibility index (Phi) is 15.9. The van der Waals surface area contributed by atoms with Crippen molar-refractivity contribution < 1.29 is 5.48 Å². The van der Waals surface area contributed by atoms with Crippen LogP contribution in [0.5, 0.6) is 0 Å². The quantitative estimate of drug-likeness (QED) is 0.405. The summed E-state index contributed by atoms with van der Waals surface area (Å²) in [5.74, 6) is 0.792. The summed E-state index contributed by atoms with van der Waals surface area (Å²) >= 11 is 3.80. The predicted octanol–water partition coefficient (Wildman–Crippen LogP) is -0.950. The van der Waals surface area contributed by atoms with Crippen molar-refractivity contribution in [1.29, 1.82) is 0 Å². The van der Waals surface area contributed by atoms with Gasteiger partial charge in [-0.1, -0.05) is 0 Å². The maximum Gasteiger partial charge on any atom is 0.00255 e. The van der Waals surface area contributed by atoms with Crippen molar-refractivity contribution in [2.45, 2.75) is 0 Å². The molecule has 3 heteroatoms. The summed E-state index contributed by atoms with van der Waals surface area (Å²) in [5.41, 5.74) is 4.95. The van der Waals surface area contributed by atoms with Crippen LogP contribution in [-0.4, -0.2) is 17.8 Å². The van der Waals surface area contributed by atoms with Crippen molar-refractivity contribution in [2.24, 2.45) is 5.73 Å². The van der Waals surface area contributed by atoms with Crippen LogP contribution in [0.2, 0.25) is 0 Å². The van der Waals surface area contributed by atoms with Crippen LogP contribution in [0.15, 0.2) is 0 Å². The van der Waals surface area contributed by atoms with Crippen LogP contribution in [0.1, 0.15) is 0 Å². The molecule has 0 aromatic rings. The first-order valence-electron chi connectivity index (χ1n) is 1.22. The molecule has 0 fully saturated rings. The zero-order chi connectivity index (χ0) is 3.41. The van der Waals surface area contributed by atoms with E-state index < -0.39 is 0 Å². The van der Waals surface area contributed by atoms with E-state index in [4.69, 9.17) is 5.73 Å². The smallest absolute Gasteiger partial charge is 0.00255 e. The Morgan fingerprint density at radius 3 is 1.80 bits per heavy atom. The third-order valence-electron chi connectivity index (χ3n) is 0.129. The number of hydrogen-bond acceptors (Lipinski definition) is 2. The molecule has 0 aromatic carbocycles. The third-order valence-corrected chi connectivity index (χ3v) is 0.387. The van der Waals surface area contributed by atoms with Crippen molar-refractivity contribution in [1.82, 2.24) is 0 Å². The van der Waals surface area contributed by atoms with Crippen LogP contribution in [0, 0.1) is 0 Å². The highest BCUT2D eigenvalue weighted by atomic mass is 32.1. The molecular formula is C2H9NOS. The molecule has 0 aliphatic carbocycles. The van der Waals surface area contributed by atoms with Gasteiger partial charge < -0.3 is 11.2 Å². The lowest BCUT2D eigenvalue weighted by Gasteiger charge is -1.69. The van der Waals surface area contributed by atoms with E-state index >= 15 is 0 Å². The van der Waals surface area contributed by atoms with Crippen molar-refractivity contribution in [3.8, 4) is 0 Å². The van der Waals surface area contributed by atoms with Gasteiger partial charge in [-0.25, -0.2) is 0 Å². The van der Waals surface area contributed by atoms with Crippen LogP contribution >= 0.6 is 12.6 Å². The normalized spacial score (nSPS) is 6.00.